The number of carbonyl (C=O) groups is 1. The van der Waals surface area contributed by atoms with Crippen molar-refractivity contribution in [1.82, 2.24) is 0 Å². The van der Waals surface area contributed by atoms with Gasteiger partial charge in [0.25, 0.3) is 0 Å². The molecule has 0 saturated heterocycles. The van der Waals surface area contributed by atoms with Gasteiger partial charge in [0.15, 0.2) is 0 Å². The Kier molecular flexibility index (Phi) is 5.08. The fourth-order valence-corrected chi connectivity index (χ4v) is 1.50. The quantitative estimate of drug-likeness (QED) is 0.669. The number of anilines is 1. The molecule has 88 valence electrons. The molecule has 0 aromatic heterocycles. The molecule has 4 N–H and O–H groups in total. The van der Waals surface area contributed by atoms with Gasteiger partial charge in [-0.15, -0.1) is 0 Å². The number of unbranched alkanes of at least 4 members (excludes halogenated alkanes) is 1. The molecule has 0 spiro atoms. The second-order valence-electron chi connectivity index (χ2n) is 3.42. The van der Waals surface area contributed by atoms with Gasteiger partial charge >= 0.3 is 5.97 Å². The van der Waals surface area contributed by atoms with Gasteiger partial charge in [-0.2, -0.15) is 0 Å². The third-order valence-corrected chi connectivity index (χ3v) is 2.49. The first-order valence-electron chi connectivity index (χ1n) is 5.12. The minimum atomic E-state index is -1.02. The highest BCUT2D eigenvalue weighted by Gasteiger charge is 2.08. The van der Waals surface area contributed by atoms with E-state index in [0.717, 1.165) is 25.1 Å². The van der Waals surface area contributed by atoms with Gasteiger partial charge in [-0.1, -0.05) is 11.6 Å². The summed E-state index contributed by atoms with van der Waals surface area (Å²) in [6.07, 6.45) is 1.91. The monoisotopic (exact) mass is 242 g/mol. The van der Waals surface area contributed by atoms with Gasteiger partial charge < -0.3 is 16.2 Å². The van der Waals surface area contributed by atoms with E-state index in [4.69, 9.17) is 22.4 Å². The second-order valence-corrected chi connectivity index (χ2v) is 3.83. The minimum absolute atomic E-state index is 0.116. The molecule has 0 bridgehead atoms. The zero-order valence-corrected chi connectivity index (χ0v) is 9.63. The molecular formula is C11H15ClN2O2. The highest BCUT2D eigenvalue weighted by molar-refractivity contribution is 6.33. The normalized spacial score (nSPS) is 10.1. The molecule has 0 saturated carbocycles. The summed E-state index contributed by atoms with van der Waals surface area (Å²) in [5.74, 6) is -1.02. The highest BCUT2D eigenvalue weighted by atomic mass is 35.5. The van der Waals surface area contributed by atoms with Crippen molar-refractivity contribution < 1.29 is 9.90 Å². The first-order chi connectivity index (χ1) is 7.65. The van der Waals surface area contributed by atoms with E-state index in [1.54, 1.807) is 12.1 Å². The Morgan fingerprint density at radius 3 is 2.81 bits per heavy atom. The van der Waals surface area contributed by atoms with E-state index in [1.165, 1.54) is 6.07 Å². The zero-order valence-electron chi connectivity index (χ0n) is 8.87. The predicted octanol–water partition coefficient (Wildman–Crippen LogP) is 2.19. The summed E-state index contributed by atoms with van der Waals surface area (Å²) in [5, 5.41) is 12.2. The van der Waals surface area contributed by atoms with E-state index in [2.05, 4.69) is 5.32 Å². The summed E-state index contributed by atoms with van der Waals surface area (Å²) in [4.78, 5) is 10.8. The smallest absolute Gasteiger partial charge is 0.337 e. The van der Waals surface area contributed by atoms with Crippen molar-refractivity contribution in [3.05, 3.63) is 28.8 Å². The second kappa shape index (κ2) is 6.35. The van der Waals surface area contributed by atoms with Crippen molar-refractivity contribution in [2.45, 2.75) is 12.8 Å². The Balaban J connectivity index is 2.61. The molecule has 0 amide bonds. The SMILES string of the molecule is NCCCCNc1ccc(Cl)c(C(=O)O)c1. The number of nitrogens with one attached hydrogen (secondary N) is 1. The number of hydrogen-bond donors (Lipinski definition) is 3. The van der Waals surface area contributed by atoms with Crippen molar-refractivity contribution in [2.24, 2.45) is 5.73 Å². The molecule has 0 atom stereocenters. The van der Waals surface area contributed by atoms with Gasteiger partial charge in [0.2, 0.25) is 0 Å². The molecule has 1 rings (SSSR count). The molecule has 1 aromatic carbocycles. The molecule has 0 radical (unpaired) electrons. The van der Waals surface area contributed by atoms with Crippen molar-refractivity contribution >= 4 is 23.3 Å². The van der Waals surface area contributed by atoms with Crippen molar-refractivity contribution in [3.8, 4) is 0 Å². The number of aromatic carboxylic acids is 1. The summed E-state index contributed by atoms with van der Waals surface area (Å²) in [6, 6.07) is 4.88. The van der Waals surface area contributed by atoms with Gasteiger partial charge in [-0.25, -0.2) is 4.79 Å². The molecule has 0 aliphatic carbocycles. The highest BCUT2D eigenvalue weighted by Crippen LogP contribution is 2.20. The van der Waals surface area contributed by atoms with Crippen LogP contribution in [-0.2, 0) is 0 Å². The molecule has 5 heteroatoms. The minimum Gasteiger partial charge on any atom is -0.478 e. The molecule has 0 heterocycles. The molecule has 0 aliphatic rings. The molecule has 16 heavy (non-hydrogen) atoms. The number of halogens is 1. The van der Waals surface area contributed by atoms with Gasteiger partial charge in [0.1, 0.15) is 0 Å². The topological polar surface area (TPSA) is 75.3 Å². The number of nitrogens with two attached hydrogens (primary N) is 1. The maximum absolute atomic E-state index is 10.8. The summed E-state index contributed by atoms with van der Waals surface area (Å²) in [6.45, 7) is 1.45. The van der Waals surface area contributed by atoms with Crippen LogP contribution < -0.4 is 11.1 Å². The summed E-state index contributed by atoms with van der Waals surface area (Å²) in [7, 11) is 0. The maximum atomic E-state index is 10.8. The number of carboxylic acids is 1. The van der Waals surface area contributed by atoms with Crippen LogP contribution in [0.15, 0.2) is 18.2 Å². The largest absolute Gasteiger partial charge is 0.478 e. The summed E-state index contributed by atoms with van der Waals surface area (Å²) in [5.41, 5.74) is 6.25. The molecule has 4 nitrogen and oxygen atoms in total. The molecule has 0 unspecified atom stereocenters. The lowest BCUT2D eigenvalue weighted by molar-refractivity contribution is 0.0697. The summed E-state index contributed by atoms with van der Waals surface area (Å²) < 4.78 is 0. The van der Waals surface area contributed by atoms with Gasteiger partial charge in [0.05, 0.1) is 10.6 Å². The van der Waals surface area contributed by atoms with E-state index in [9.17, 15) is 4.79 Å². The van der Waals surface area contributed by atoms with E-state index in [0.29, 0.717) is 6.54 Å². The Labute approximate surface area is 99.4 Å². The van der Waals surface area contributed by atoms with Crippen molar-refractivity contribution in [3.63, 3.8) is 0 Å². The van der Waals surface area contributed by atoms with Gasteiger partial charge in [-0.3, -0.25) is 0 Å². The Bertz CT molecular complexity index is 369. The van der Waals surface area contributed by atoms with Crippen LogP contribution in [0.5, 0.6) is 0 Å². The summed E-state index contributed by atoms with van der Waals surface area (Å²) >= 11 is 5.75. The lowest BCUT2D eigenvalue weighted by atomic mass is 10.2. The number of hydrogen-bond acceptors (Lipinski definition) is 3. The third kappa shape index (κ3) is 3.72. The van der Waals surface area contributed by atoms with E-state index < -0.39 is 5.97 Å². The molecular weight excluding hydrogens is 228 g/mol. The Morgan fingerprint density at radius 1 is 1.44 bits per heavy atom. The van der Waals surface area contributed by atoms with Crippen molar-refractivity contribution in [1.29, 1.82) is 0 Å². The Hall–Kier alpha value is -1.26. The van der Waals surface area contributed by atoms with Crippen LogP contribution in [0.1, 0.15) is 23.2 Å². The first kappa shape index (κ1) is 12.8. The van der Waals surface area contributed by atoms with Crippen LogP contribution >= 0.6 is 11.6 Å². The first-order valence-corrected chi connectivity index (χ1v) is 5.49. The zero-order chi connectivity index (χ0) is 12.0. The van der Waals surface area contributed by atoms with Crippen molar-refractivity contribution in [2.75, 3.05) is 18.4 Å². The molecule has 0 aliphatic heterocycles. The maximum Gasteiger partial charge on any atom is 0.337 e. The van der Waals surface area contributed by atoms with Crippen LogP contribution in [0.25, 0.3) is 0 Å². The third-order valence-electron chi connectivity index (χ3n) is 2.16. The number of rotatable bonds is 6. The average Bonchev–Trinajstić information content (AvgIpc) is 2.26. The lowest BCUT2D eigenvalue weighted by Gasteiger charge is -2.07. The van der Waals surface area contributed by atoms with Crippen LogP contribution in [0.2, 0.25) is 5.02 Å². The van der Waals surface area contributed by atoms with Gasteiger partial charge in [-0.05, 0) is 37.6 Å². The van der Waals surface area contributed by atoms with Crippen LogP contribution in [0, 0.1) is 0 Å². The van der Waals surface area contributed by atoms with E-state index in [1.807, 2.05) is 0 Å². The fraction of sp³-hybridized carbons (Fsp3) is 0.364. The fourth-order valence-electron chi connectivity index (χ4n) is 1.30. The Morgan fingerprint density at radius 2 is 2.19 bits per heavy atom. The number of carboxylic acid groups (broad SMARTS) is 1. The standard InChI is InChI=1S/C11H15ClN2O2/c12-10-4-3-8(7-9(10)11(15)16)14-6-2-1-5-13/h3-4,7,14H,1-2,5-6,13H2,(H,15,16). The van der Waals surface area contributed by atoms with Crippen LogP contribution in [0.3, 0.4) is 0 Å². The van der Waals surface area contributed by atoms with E-state index >= 15 is 0 Å². The predicted molar refractivity (Wildman–Crippen MR) is 65.2 cm³/mol. The van der Waals surface area contributed by atoms with Crippen LogP contribution in [-0.4, -0.2) is 24.2 Å². The van der Waals surface area contributed by atoms with E-state index in [-0.39, 0.29) is 10.6 Å². The molecule has 1 aromatic rings. The molecule has 0 fully saturated rings. The average molecular weight is 243 g/mol. The lowest BCUT2D eigenvalue weighted by Crippen LogP contribution is -2.06. The van der Waals surface area contributed by atoms with Gasteiger partial charge in [0, 0.05) is 12.2 Å². The van der Waals surface area contributed by atoms with Crippen LogP contribution in [0.4, 0.5) is 5.69 Å². The number of benzene rings is 1.